The first-order valence-corrected chi connectivity index (χ1v) is 11.7. The Morgan fingerprint density at radius 3 is 2.39 bits per heavy atom. The smallest absolute Gasteiger partial charge is 0.283 e. The number of anilines is 1. The first kappa shape index (κ1) is 19.6. The number of fused-ring (bicyclic) bond motifs is 2. The molecule has 1 unspecified atom stereocenters. The summed E-state index contributed by atoms with van der Waals surface area (Å²) in [6.45, 7) is 0.430. The molecule has 7 nitrogen and oxygen atoms in total. The summed E-state index contributed by atoms with van der Waals surface area (Å²) in [5, 5.41) is 8.58. The van der Waals surface area contributed by atoms with Gasteiger partial charge in [0, 0.05) is 6.54 Å². The number of hydrogen-bond donors (Lipinski definition) is 1. The van der Waals surface area contributed by atoms with Crippen molar-refractivity contribution in [2.24, 2.45) is 0 Å². The van der Waals surface area contributed by atoms with E-state index in [-0.39, 0.29) is 15.4 Å². The monoisotopic (exact) mass is 448 g/mol. The molecule has 5 rings (SSSR count). The molecule has 0 fully saturated rings. The highest BCUT2D eigenvalue weighted by atomic mass is 32.3. The predicted molar refractivity (Wildman–Crippen MR) is 120 cm³/mol. The molecule has 2 heterocycles. The van der Waals surface area contributed by atoms with Crippen molar-refractivity contribution in [3.63, 3.8) is 0 Å². The second kappa shape index (κ2) is 7.69. The molecule has 9 heteroatoms. The van der Waals surface area contributed by atoms with Gasteiger partial charge in [0.05, 0.1) is 10.9 Å². The molecule has 1 N–H and O–H groups in total. The quantitative estimate of drug-likeness (QED) is 0.409. The Labute approximate surface area is 182 Å². The van der Waals surface area contributed by atoms with E-state index in [1.807, 2.05) is 6.07 Å². The van der Waals surface area contributed by atoms with Gasteiger partial charge < -0.3 is 9.87 Å². The molecule has 3 aromatic carbocycles. The van der Waals surface area contributed by atoms with Crippen LogP contribution in [0, 0.1) is 0 Å². The number of nitrogens with one attached hydrogen (secondary N) is 1. The lowest BCUT2D eigenvalue weighted by molar-refractivity contribution is 0.478. The van der Waals surface area contributed by atoms with Crippen molar-refractivity contribution in [2.45, 2.75) is 16.3 Å². The molecule has 2 aromatic heterocycles. The van der Waals surface area contributed by atoms with Gasteiger partial charge in [-0.3, -0.25) is 4.79 Å². The second-order valence-corrected chi connectivity index (χ2v) is 9.76. The third-order valence-corrected chi connectivity index (χ3v) is 7.49. The molecule has 0 spiro atoms. The Balaban J connectivity index is 1.36. The standard InChI is InChI=1S/C22H16N4O3S2/c27-20-18-8-4-5-9-19(18)24-22-26(20)25-21(30-22)23-14-15-10-12-17(13-11-15)31(28,29)16-6-2-1-3-7-16/h1-13H,14H2,(H-,23,25,28,29). The van der Waals surface area contributed by atoms with Crippen LogP contribution in [0.15, 0.2) is 93.4 Å². The Morgan fingerprint density at radius 2 is 1.61 bits per heavy atom. The molecule has 0 saturated heterocycles. The lowest BCUT2D eigenvalue weighted by Gasteiger charge is -2.14. The molecule has 0 bridgehead atoms. The zero-order chi connectivity index (χ0) is 21.4. The normalized spacial score (nSPS) is 13.3. The maximum atomic E-state index is 12.7. The van der Waals surface area contributed by atoms with Crippen molar-refractivity contribution >= 4 is 42.5 Å². The van der Waals surface area contributed by atoms with Gasteiger partial charge in [-0.25, -0.2) is 4.98 Å². The van der Waals surface area contributed by atoms with Gasteiger partial charge in [0.25, 0.3) is 5.56 Å². The van der Waals surface area contributed by atoms with Crippen molar-refractivity contribution in [3.05, 3.63) is 94.8 Å². The summed E-state index contributed by atoms with van der Waals surface area (Å²) in [6.07, 6.45) is 0. The van der Waals surface area contributed by atoms with Crippen LogP contribution in [0.4, 0.5) is 5.13 Å². The Morgan fingerprint density at radius 1 is 0.935 bits per heavy atom. The fourth-order valence-corrected chi connectivity index (χ4v) is 5.30. The van der Waals surface area contributed by atoms with Crippen molar-refractivity contribution in [1.29, 1.82) is 0 Å². The summed E-state index contributed by atoms with van der Waals surface area (Å²) in [4.78, 5) is 18.1. The minimum absolute atomic E-state index is 0.208. The van der Waals surface area contributed by atoms with Crippen LogP contribution in [0.25, 0.3) is 15.9 Å². The van der Waals surface area contributed by atoms with Crippen LogP contribution in [-0.2, 0) is 21.0 Å². The summed E-state index contributed by atoms with van der Waals surface area (Å²) in [5.41, 5.74) is 1.31. The first-order valence-electron chi connectivity index (χ1n) is 9.44. The fraction of sp³-hybridized carbons (Fsp3) is 0.0455. The van der Waals surface area contributed by atoms with Gasteiger partial charge in [-0.05, 0) is 42.0 Å². The molecule has 5 aromatic rings. The molecular formula is C22H16N4O3S2. The molecule has 0 aliphatic rings. The number of sulfone groups is 1. The van der Waals surface area contributed by atoms with Crippen LogP contribution in [-0.4, -0.2) is 19.2 Å². The Hall–Kier alpha value is -3.40. The Kier molecular flexibility index (Phi) is 4.85. The van der Waals surface area contributed by atoms with Crippen LogP contribution < -0.4 is 10.9 Å². The number of nitrogens with zero attached hydrogens (tertiary/aromatic N) is 3. The van der Waals surface area contributed by atoms with Gasteiger partial charge in [-0.15, -0.1) is 5.10 Å². The zero-order valence-corrected chi connectivity index (χ0v) is 17.7. The van der Waals surface area contributed by atoms with E-state index in [4.69, 9.17) is 0 Å². The molecule has 0 amide bonds. The van der Waals surface area contributed by atoms with Crippen LogP contribution in [0.2, 0.25) is 0 Å². The topological polar surface area (TPSA) is 99.4 Å². The molecule has 1 atom stereocenters. The van der Waals surface area contributed by atoms with Crippen LogP contribution in [0.1, 0.15) is 5.56 Å². The third kappa shape index (κ3) is 3.63. The SMILES string of the molecule is O=c1c2ccccc2nc2sc(NCc3ccc([S+](=O)([O-])c4ccccc4)cc3)nn12. The summed E-state index contributed by atoms with van der Waals surface area (Å²) in [6, 6.07) is 22.2. The molecule has 0 aliphatic heterocycles. The highest BCUT2D eigenvalue weighted by Gasteiger charge is 2.22. The van der Waals surface area contributed by atoms with Crippen molar-refractivity contribution < 1.29 is 8.76 Å². The number of para-hydroxylation sites is 1. The first-order chi connectivity index (χ1) is 15.0. The van der Waals surface area contributed by atoms with E-state index in [0.29, 0.717) is 27.5 Å². The summed E-state index contributed by atoms with van der Waals surface area (Å²) in [7, 11) is -3.54. The van der Waals surface area contributed by atoms with Crippen LogP contribution in [0.5, 0.6) is 0 Å². The summed E-state index contributed by atoms with van der Waals surface area (Å²) in [5.74, 6) is 0. The van der Waals surface area contributed by atoms with Gasteiger partial charge in [0.1, 0.15) is 10.2 Å². The van der Waals surface area contributed by atoms with E-state index >= 15 is 0 Å². The fourth-order valence-electron chi connectivity index (χ4n) is 3.23. The van der Waals surface area contributed by atoms with Crippen LogP contribution >= 0.6 is 11.3 Å². The van der Waals surface area contributed by atoms with E-state index < -0.39 is 10.2 Å². The van der Waals surface area contributed by atoms with Gasteiger partial charge in [-0.1, -0.05) is 58.0 Å². The second-order valence-electron chi connectivity index (χ2n) is 6.85. The molecule has 0 radical (unpaired) electrons. The largest absolute Gasteiger partial charge is 0.605 e. The molecule has 0 saturated carbocycles. The summed E-state index contributed by atoms with van der Waals surface area (Å²) < 4.78 is 26.7. The van der Waals surface area contributed by atoms with E-state index in [1.54, 1.807) is 72.8 Å². The van der Waals surface area contributed by atoms with E-state index in [0.717, 1.165) is 5.56 Å². The zero-order valence-electron chi connectivity index (χ0n) is 16.1. The average molecular weight is 449 g/mol. The van der Waals surface area contributed by atoms with Crippen molar-refractivity contribution in [1.82, 2.24) is 14.6 Å². The molecule has 31 heavy (non-hydrogen) atoms. The molecular weight excluding hydrogens is 432 g/mol. The highest BCUT2D eigenvalue weighted by molar-refractivity contribution is 7.97. The minimum atomic E-state index is -3.54. The van der Waals surface area contributed by atoms with Gasteiger partial charge >= 0.3 is 0 Å². The van der Waals surface area contributed by atoms with Gasteiger partial charge in [0.2, 0.25) is 10.1 Å². The van der Waals surface area contributed by atoms with E-state index in [1.165, 1.54) is 15.9 Å². The number of aromatic nitrogens is 3. The predicted octanol–water partition coefficient (Wildman–Crippen LogP) is 3.96. The molecule has 154 valence electrons. The van der Waals surface area contributed by atoms with Crippen LogP contribution in [0.3, 0.4) is 0 Å². The number of hydrogen-bond acceptors (Lipinski definition) is 7. The minimum Gasteiger partial charge on any atom is -0.605 e. The maximum absolute atomic E-state index is 12.7. The van der Waals surface area contributed by atoms with Gasteiger partial charge in [-0.2, -0.15) is 4.52 Å². The third-order valence-electron chi connectivity index (χ3n) is 4.83. The van der Waals surface area contributed by atoms with Crippen molar-refractivity contribution in [2.75, 3.05) is 5.32 Å². The lowest BCUT2D eigenvalue weighted by Crippen LogP contribution is -2.15. The summed E-state index contributed by atoms with van der Waals surface area (Å²) >= 11 is 1.28. The average Bonchev–Trinajstić information content (AvgIpc) is 3.22. The van der Waals surface area contributed by atoms with E-state index in [9.17, 15) is 13.6 Å². The van der Waals surface area contributed by atoms with Crippen molar-refractivity contribution in [3.8, 4) is 0 Å². The Bertz CT molecular complexity index is 1490. The van der Waals surface area contributed by atoms with Gasteiger partial charge in [0.15, 0.2) is 9.79 Å². The number of rotatable bonds is 5. The lowest BCUT2D eigenvalue weighted by atomic mass is 10.2. The van der Waals surface area contributed by atoms with E-state index in [2.05, 4.69) is 15.4 Å². The molecule has 0 aliphatic carbocycles. The highest BCUT2D eigenvalue weighted by Crippen LogP contribution is 2.26. The maximum Gasteiger partial charge on any atom is 0.283 e. The number of benzene rings is 3.